The van der Waals surface area contributed by atoms with Gasteiger partial charge in [0, 0.05) is 42.7 Å². The smallest absolute Gasteiger partial charge is 0.254 e. The van der Waals surface area contributed by atoms with E-state index >= 15 is 0 Å². The number of amides is 1. The summed E-state index contributed by atoms with van der Waals surface area (Å²) in [7, 11) is 0. The second-order valence-corrected chi connectivity index (χ2v) is 8.11. The first kappa shape index (κ1) is 14.5. The van der Waals surface area contributed by atoms with Crippen LogP contribution in [0.1, 0.15) is 29.6 Å². The zero-order valence-corrected chi connectivity index (χ0v) is 13.3. The number of likely N-dealkylation sites (tertiary alicyclic amines) is 2. The summed E-state index contributed by atoms with van der Waals surface area (Å²) in [5.41, 5.74) is 0.404. The van der Waals surface area contributed by atoms with E-state index in [0.29, 0.717) is 11.6 Å². The zero-order valence-electron chi connectivity index (χ0n) is 12.5. The summed E-state index contributed by atoms with van der Waals surface area (Å²) in [5, 5.41) is 0. The summed E-state index contributed by atoms with van der Waals surface area (Å²) in [6, 6.07) is 3.50. The maximum absolute atomic E-state index is 13.1. The fraction of sp³-hybridized carbons (Fsp3) is 0.625. The molecule has 1 spiro atoms. The number of hydrogen-bond acceptors (Lipinski definition) is 4. The fourth-order valence-electron chi connectivity index (χ4n) is 3.89. The van der Waals surface area contributed by atoms with E-state index in [1.165, 1.54) is 50.4 Å². The Balaban J connectivity index is 1.36. The van der Waals surface area contributed by atoms with Gasteiger partial charge in [-0.05, 0) is 38.4 Å². The summed E-state index contributed by atoms with van der Waals surface area (Å²) in [4.78, 5) is 20.3. The van der Waals surface area contributed by atoms with Crippen molar-refractivity contribution in [1.29, 1.82) is 0 Å². The lowest BCUT2D eigenvalue weighted by molar-refractivity contribution is 0.0532. The van der Waals surface area contributed by atoms with Gasteiger partial charge in [0.05, 0.1) is 4.75 Å². The van der Waals surface area contributed by atoms with E-state index in [2.05, 4.69) is 9.88 Å². The molecule has 0 aromatic carbocycles. The lowest BCUT2D eigenvalue weighted by Crippen LogP contribution is -2.61. The summed E-state index contributed by atoms with van der Waals surface area (Å²) in [5.74, 6) is 0.522. The number of pyridine rings is 1. The molecule has 118 valence electrons. The molecular formula is C16H20FN3OS. The number of aromatic nitrogens is 1. The van der Waals surface area contributed by atoms with Gasteiger partial charge in [-0.15, -0.1) is 11.8 Å². The van der Waals surface area contributed by atoms with Crippen molar-refractivity contribution >= 4 is 17.7 Å². The summed E-state index contributed by atoms with van der Waals surface area (Å²) in [6.45, 7) is 4.07. The minimum atomic E-state index is -0.592. The first-order valence-corrected chi connectivity index (χ1v) is 8.93. The quantitative estimate of drug-likeness (QED) is 0.781. The Morgan fingerprint density at radius 3 is 2.86 bits per heavy atom. The van der Waals surface area contributed by atoms with E-state index in [1.807, 2.05) is 16.7 Å². The molecule has 3 aliphatic heterocycles. The van der Waals surface area contributed by atoms with Gasteiger partial charge in [-0.2, -0.15) is 4.39 Å². The molecule has 4 nitrogen and oxygen atoms in total. The third kappa shape index (κ3) is 2.52. The molecule has 1 aromatic heterocycles. The van der Waals surface area contributed by atoms with Gasteiger partial charge in [-0.1, -0.05) is 0 Å². The van der Waals surface area contributed by atoms with Crippen molar-refractivity contribution in [3.05, 3.63) is 29.8 Å². The molecule has 6 heteroatoms. The van der Waals surface area contributed by atoms with Crippen molar-refractivity contribution in [2.24, 2.45) is 0 Å². The van der Waals surface area contributed by atoms with Crippen LogP contribution < -0.4 is 0 Å². The van der Waals surface area contributed by atoms with Crippen LogP contribution in [0.25, 0.3) is 0 Å². The molecule has 1 amide bonds. The summed E-state index contributed by atoms with van der Waals surface area (Å²) in [6.07, 6.45) is 5.19. The van der Waals surface area contributed by atoms with Gasteiger partial charge in [-0.3, -0.25) is 9.69 Å². The van der Waals surface area contributed by atoms with Crippen LogP contribution >= 0.6 is 11.8 Å². The van der Waals surface area contributed by atoms with Crippen LogP contribution in [0.15, 0.2) is 18.3 Å². The minimum absolute atomic E-state index is 0.0721. The molecule has 3 saturated heterocycles. The van der Waals surface area contributed by atoms with Crippen molar-refractivity contribution < 1.29 is 9.18 Å². The maximum Gasteiger partial charge on any atom is 0.254 e. The molecule has 0 N–H and O–H groups in total. The van der Waals surface area contributed by atoms with Crippen molar-refractivity contribution in [2.75, 3.05) is 31.9 Å². The molecule has 1 unspecified atom stereocenters. The highest BCUT2D eigenvalue weighted by atomic mass is 32.2. The summed E-state index contributed by atoms with van der Waals surface area (Å²) >= 11 is 2.02. The second kappa shape index (κ2) is 5.49. The van der Waals surface area contributed by atoms with Crippen LogP contribution in [0.3, 0.4) is 0 Å². The third-order valence-corrected chi connectivity index (χ3v) is 6.65. The lowest BCUT2D eigenvalue weighted by Gasteiger charge is -2.47. The van der Waals surface area contributed by atoms with Crippen LogP contribution in [-0.4, -0.2) is 63.4 Å². The zero-order chi connectivity index (χ0) is 15.2. The number of halogens is 1. The molecule has 3 fully saturated rings. The van der Waals surface area contributed by atoms with E-state index in [-0.39, 0.29) is 10.7 Å². The molecule has 1 aromatic rings. The molecular weight excluding hydrogens is 301 g/mol. The normalized spacial score (nSPS) is 27.3. The van der Waals surface area contributed by atoms with E-state index in [0.717, 1.165) is 13.1 Å². The van der Waals surface area contributed by atoms with E-state index in [4.69, 9.17) is 0 Å². The van der Waals surface area contributed by atoms with Gasteiger partial charge >= 0.3 is 0 Å². The van der Waals surface area contributed by atoms with Crippen LogP contribution in [0.5, 0.6) is 0 Å². The van der Waals surface area contributed by atoms with Gasteiger partial charge in [0.25, 0.3) is 5.91 Å². The standard InChI is InChI=1S/C16H20FN3OS/c17-14-7-12(3-4-18-14)15(21)20-10-16(11-20)8-13(9-22-16)19-5-1-2-6-19/h3-4,7,13H,1-2,5-6,8-11H2. The Hall–Kier alpha value is -1.14. The highest BCUT2D eigenvalue weighted by molar-refractivity contribution is 8.01. The van der Waals surface area contributed by atoms with Crippen molar-refractivity contribution in [3.8, 4) is 0 Å². The molecule has 4 heterocycles. The van der Waals surface area contributed by atoms with E-state index < -0.39 is 5.95 Å². The predicted octanol–water partition coefficient (Wildman–Crippen LogP) is 2.02. The molecule has 0 radical (unpaired) electrons. The Kier molecular flexibility index (Phi) is 3.61. The van der Waals surface area contributed by atoms with E-state index in [1.54, 1.807) is 6.07 Å². The molecule has 22 heavy (non-hydrogen) atoms. The monoisotopic (exact) mass is 321 g/mol. The van der Waals surface area contributed by atoms with Gasteiger partial charge in [0.1, 0.15) is 0 Å². The topological polar surface area (TPSA) is 36.4 Å². The predicted molar refractivity (Wildman–Crippen MR) is 84.5 cm³/mol. The fourth-order valence-corrected chi connectivity index (χ4v) is 5.57. The number of thioether (sulfide) groups is 1. The van der Waals surface area contributed by atoms with Crippen molar-refractivity contribution in [3.63, 3.8) is 0 Å². The molecule has 3 aliphatic rings. The van der Waals surface area contributed by atoms with Crippen LogP contribution in [-0.2, 0) is 0 Å². The Bertz CT molecular complexity index is 585. The minimum Gasteiger partial charge on any atom is -0.336 e. The van der Waals surface area contributed by atoms with Crippen LogP contribution in [0.4, 0.5) is 4.39 Å². The molecule has 4 rings (SSSR count). The lowest BCUT2D eigenvalue weighted by atomic mass is 9.91. The summed E-state index contributed by atoms with van der Waals surface area (Å²) < 4.78 is 13.4. The molecule has 0 saturated carbocycles. The van der Waals surface area contributed by atoms with Gasteiger partial charge in [-0.25, -0.2) is 4.98 Å². The van der Waals surface area contributed by atoms with Gasteiger partial charge in [0.15, 0.2) is 0 Å². The molecule has 0 bridgehead atoms. The first-order valence-electron chi connectivity index (χ1n) is 7.94. The number of rotatable bonds is 2. The van der Waals surface area contributed by atoms with Crippen molar-refractivity contribution in [1.82, 2.24) is 14.8 Å². The molecule has 1 atom stereocenters. The Morgan fingerprint density at radius 1 is 1.36 bits per heavy atom. The average Bonchev–Trinajstić information content (AvgIpc) is 3.14. The van der Waals surface area contributed by atoms with Gasteiger partial charge < -0.3 is 4.90 Å². The third-order valence-electron chi connectivity index (χ3n) is 5.07. The van der Waals surface area contributed by atoms with Crippen LogP contribution in [0, 0.1) is 5.95 Å². The van der Waals surface area contributed by atoms with Crippen LogP contribution in [0.2, 0.25) is 0 Å². The SMILES string of the molecule is O=C(c1ccnc(F)c1)N1CC2(CC(N3CCCC3)CS2)C1. The van der Waals surface area contributed by atoms with Gasteiger partial charge in [0.2, 0.25) is 5.95 Å². The number of carbonyl (C=O) groups excluding carboxylic acids is 1. The highest BCUT2D eigenvalue weighted by Crippen LogP contribution is 2.47. The largest absolute Gasteiger partial charge is 0.336 e. The number of hydrogen-bond donors (Lipinski definition) is 0. The number of nitrogens with zero attached hydrogens (tertiary/aromatic N) is 3. The van der Waals surface area contributed by atoms with E-state index in [9.17, 15) is 9.18 Å². The first-order chi connectivity index (χ1) is 10.7. The van der Waals surface area contributed by atoms with Crippen molar-refractivity contribution in [2.45, 2.75) is 30.1 Å². The average molecular weight is 321 g/mol. The maximum atomic E-state index is 13.1. The second-order valence-electron chi connectivity index (χ2n) is 6.62. The molecule has 0 aliphatic carbocycles. The highest BCUT2D eigenvalue weighted by Gasteiger charge is 2.51. The Morgan fingerprint density at radius 2 is 2.14 bits per heavy atom. The number of carbonyl (C=O) groups is 1. The Labute approximate surface area is 134 Å².